The van der Waals surface area contributed by atoms with E-state index in [1.807, 2.05) is 0 Å². The molecule has 0 spiro atoms. The molecule has 0 heterocycles. The van der Waals surface area contributed by atoms with E-state index in [0.717, 1.165) is 57.8 Å². The number of unbranched alkanes of at least 4 members (excludes halogenated alkanes) is 27. The van der Waals surface area contributed by atoms with Crippen LogP contribution in [0.2, 0.25) is 0 Å². The van der Waals surface area contributed by atoms with Gasteiger partial charge < -0.3 is 39.9 Å². The van der Waals surface area contributed by atoms with Crippen LogP contribution in [0.3, 0.4) is 0 Å². The maximum atomic E-state index is 12.8. The summed E-state index contributed by atoms with van der Waals surface area (Å²) in [5, 5.41) is 50.2. The highest BCUT2D eigenvalue weighted by Gasteiger charge is 2.51. The molecule has 0 aromatic rings. The second kappa shape index (κ2) is 37.9. The fraction of sp³-hybridized carbons (Fsp3) is 0.915. The van der Waals surface area contributed by atoms with Crippen molar-refractivity contribution in [2.24, 2.45) is 0 Å². The van der Waals surface area contributed by atoms with Crippen molar-refractivity contribution in [2.75, 3.05) is 13.2 Å². The van der Waals surface area contributed by atoms with E-state index in [0.29, 0.717) is 12.8 Å². The number of allylic oxidation sites excluding steroid dienone is 2. The molecule has 0 aliphatic heterocycles. The first-order valence-electron chi connectivity index (χ1n) is 24.5. The Labute approximate surface area is 369 Å². The molecule has 360 valence electrons. The van der Waals surface area contributed by atoms with Gasteiger partial charge in [-0.15, -0.1) is 0 Å². The number of hydrogen-bond acceptors (Lipinski definition) is 12. The minimum absolute atomic E-state index is 0.0910. The third kappa shape index (κ3) is 30.4. The topological polar surface area (TPSA) is 210 Å². The molecular weight excluding hydrogens is 803 g/mol. The van der Waals surface area contributed by atoms with Gasteiger partial charge in [-0.1, -0.05) is 180 Å². The van der Waals surface area contributed by atoms with Crippen LogP contribution in [-0.2, 0) is 32.7 Å². The molecule has 61 heavy (non-hydrogen) atoms. The van der Waals surface area contributed by atoms with Gasteiger partial charge >= 0.3 is 19.8 Å². The molecule has 6 N–H and O–H groups in total. The lowest BCUT2D eigenvalue weighted by Gasteiger charge is -2.41. The number of esters is 2. The van der Waals surface area contributed by atoms with Crippen molar-refractivity contribution in [3.8, 4) is 0 Å². The number of phosphoric acid groups is 1. The number of aliphatic hydroxyl groups is 5. The predicted molar refractivity (Wildman–Crippen MR) is 240 cm³/mol. The first-order valence-corrected chi connectivity index (χ1v) is 26.0. The Morgan fingerprint density at radius 2 is 0.836 bits per heavy atom. The Bertz CT molecular complexity index is 1120. The van der Waals surface area contributed by atoms with Gasteiger partial charge in [-0.25, -0.2) is 4.57 Å². The van der Waals surface area contributed by atoms with Crippen molar-refractivity contribution in [3.63, 3.8) is 0 Å². The average Bonchev–Trinajstić information content (AvgIpc) is 3.24. The van der Waals surface area contributed by atoms with Crippen LogP contribution >= 0.6 is 7.82 Å². The summed E-state index contributed by atoms with van der Waals surface area (Å²) in [4.78, 5) is 35.7. The predicted octanol–water partition coefficient (Wildman–Crippen LogP) is 9.84. The molecule has 14 heteroatoms. The van der Waals surface area contributed by atoms with E-state index in [2.05, 4.69) is 26.0 Å². The zero-order valence-electron chi connectivity index (χ0n) is 38.2. The number of rotatable bonds is 41. The Morgan fingerprint density at radius 3 is 1.25 bits per heavy atom. The van der Waals surface area contributed by atoms with Gasteiger partial charge in [0.1, 0.15) is 43.2 Å². The molecule has 0 bridgehead atoms. The molecule has 13 nitrogen and oxygen atoms in total. The van der Waals surface area contributed by atoms with E-state index in [-0.39, 0.29) is 12.8 Å². The highest BCUT2D eigenvalue weighted by atomic mass is 31.2. The Morgan fingerprint density at radius 1 is 0.492 bits per heavy atom. The summed E-state index contributed by atoms with van der Waals surface area (Å²) < 4.78 is 33.6. The quantitative estimate of drug-likeness (QED) is 0.0146. The van der Waals surface area contributed by atoms with Crippen molar-refractivity contribution < 1.29 is 63.1 Å². The normalized spacial score (nSPS) is 22.0. The van der Waals surface area contributed by atoms with Crippen LogP contribution in [-0.4, -0.2) is 98.3 Å². The number of carbonyl (C=O) groups excluding carboxylic acids is 2. The van der Waals surface area contributed by atoms with E-state index in [9.17, 15) is 44.6 Å². The zero-order chi connectivity index (χ0) is 45.0. The summed E-state index contributed by atoms with van der Waals surface area (Å²) >= 11 is 0. The van der Waals surface area contributed by atoms with E-state index in [4.69, 9.17) is 18.5 Å². The van der Waals surface area contributed by atoms with Gasteiger partial charge in [0.15, 0.2) is 6.10 Å². The summed E-state index contributed by atoms with van der Waals surface area (Å²) in [7, 11) is -5.12. The summed E-state index contributed by atoms with van der Waals surface area (Å²) in [6.45, 7) is 3.31. The van der Waals surface area contributed by atoms with Crippen molar-refractivity contribution in [3.05, 3.63) is 12.2 Å². The summed E-state index contributed by atoms with van der Waals surface area (Å²) in [6.07, 6.45) is 26.9. The second-order valence-electron chi connectivity index (χ2n) is 17.3. The van der Waals surface area contributed by atoms with Crippen LogP contribution in [0.25, 0.3) is 0 Å². The summed E-state index contributed by atoms with van der Waals surface area (Å²) in [5.41, 5.74) is 0. The lowest BCUT2D eigenvalue weighted by Crippen LogP contribution is -2.64. The first-order chi connectivity index (χ1) is 29.4. The lowest BCUT2D eigenvalue weighted by molar-refractivity contribution is -0.220. The number of ether oxygens (including phenoxy) is 2. The number of carbonyl (C=O) groups is 2. The first kappa shape index (κ1) is 57.6. The molecule has 0 amide bonds. The highest BCUT2D eigenvalue weighted by molar-refractivity contribution is 7.47. The van der Waals surface area contributed by atoms with Gasteiger partial charge in [-0.2, -0.15) is 0 Å². The number of hydrogen-bond donors (Lipinski definition) is 6. The third-order valence-corrected chi connectivity index (χ3v) is 12.6. The largest absolute Gasteiger partial charge is 0.472 e. The monoisotopic (exact) mass is 893 g/mol. The molecule has 1 aliphatic carbocycles. The molecule has 0 saturated heterocycles. The van der Waals surface area contributed by atoms with Crippen LogP contribution in [0.15, 0.2) is 12.2 Å². The van der Waals surface area contributed by atoms with Crippen LogP contribution in [0.4, 0.5) is 0 Å². The Balaban J connectivity index is 2.42. The lowest BCUT2D eigenvalue weighted by atomic mass is 9.85. The second-order valence-corrected chi connectivity index (χ2v) is 18.7. The van der Waals surface area contributed by atoms with Crippen molar-refractivity contribution >= 4 is 19.8 Å². The van der Waals surface area contributed by atoms with Gasteiger partial charge in [0.25, 0.3) is 0 Å². The van der Waals surface area contributed by atoms with E-state index in [1.54, 1.807) is 0 Å². The Hall–Kier alpha value is -1.41. The molecule has 0 aromatic carbocycles. The maximum absolute atomic E-state index is 12.8. The molecule has 1 rings (SSSR count). The molecule has 8 atom stereocenters. The van der Waals surface area contributed by atoms with E-state index < -0.39 is 75.7 Å². The Kier molecular flexibility index (Phi) is 35.8. The maximum Gasteiger partial charge on any atom is 0.472 e. The molecule has 6 unspecified atom stereocenters. The third-order valence-electron chi connectivity index (χ3n) is 11.6. The summed E-state index contributed by atoms with van der Waals surface area (Å²) in [5.74, 6) is -1.10. The molecule has 1 fully saturated rings. The fourth-order valence-corrected chi connectivity index (χ4v) is 8.61. The highest BCUT2D eigenvalue weighted by Crippen LogP contribution is 2.47. The fourth-order valence-electron chi connectivity index (χ4n) is 7.64. The van der Waals surface area contributed by atoms with Crippen LogP contribution < -0.4 is 0 Å². The molecular formula is C47H89O13P. The van der Waals surface area contributed by atoms with Crippen molar-refractivity contribution in [2.45, 2.75) is 262 Å². The van der Waals surface area contributed by atoms with Crippen LogP contribution in [0.5, 0.6) is 0 Å². The average molecular weight is 893 g/mol. The van der Waals surface area contributed by atoms with Crippen LogP contribution in [0, 0.1) is 0 Å². The number of aliphatic hydroxyl groups excluding tert-OH is 5. The van der Waals surface area contributed by atoms with Crippen molar-refractivity contribution in [1.82, 2.24) is 0 Å². The minimum atomic E-state index is -5.12. The van der Waals surface area contributed by atoms with Gasteiger partial charge in [0, 0.05) is 12.8 Å². The van der Waals surface area contributed by atoms with Gasteiger partial charge in [0.2, 0.25) is 0 Å². The van der Waals surface area contributed by atoms with Gasteiger partial charge in [-0.3, -0.25) is 18.6 Å². The molecule has 1 saturated carbocycles. The molecule has 0 radical (unpaired) electrons. The van der Waals surface area contributed by atoms with Crippen LogP contribution in [0.1, 0.15) is 219 Å². The van der Waals surface area contributed by atoms with E-state index in [1.165, 1.54) is 122 Å². The van der Waals surface area contributed by atoms with Crippen molar-refractivity contribution in [1.29, 1.82) is 0 Å². The molecule has 1 aliphatic rings. The minimum Gasteiger partial charge on any atom is -0.462 e. The molecule has 0 aromatic heterocycles. The smallest absolute Gasteiger partial charge is 0.462 e. The van der Waals surface area contributed by atoms with Gasteiger partial charge in [-0.05, 0) is 38.5 Å². The van der Waals surface area contributed by atoms with Gasteiger partial charge in [0.05, 0.1) is 6.61 Å². The number of phosphoric ester groups is 1. The SMILES string of the molecule is CCCCCCCC/C=C/CCCCCCCC(=O)O[C@@H](COC(=O)CCCCCCCCCCCCCCCCCCC)COP(=O)(O)OC1C(O)C(O)C(O)[C@H](O)C1O. The summed E-state index contributed by atoms with van der Waals surface area (Å²) in [6, 6.07) is 0. The zero-order valence-corrected chi connectivity index (χ0v) is 39.1. The van der Waals surface area contributed by atoms with E-state index >= 15 is 0 Å². The standard InChI is InChI=1S/C47H89O13P/c1-3-5-7-9-11-13-15-17-19-20-22-23-25-27-29-31-33-35-40(48)57-37-39(38-58-61(55,56)60-47-45(53)43(51)42(50)44(52)46(47)54)59-41(49)36-34-32-30-28-26-24-21-18-16-14-12-10-8-6-4-2/h18,21,39,42-47,50-54H,3-17,19-20,22-38H2,1-2H3,(H,55,56)/b21-18+/t39-,42?,43-,44?,45?,46?,47?/m0/s1.